The van der Waals surface area contributed by atoms with Gasteiger partial charge in [-0.05, 0) is 28.1 Å². The minimum absolute atomic E-state index is 0.498. The Morgan fingerprint density at radius 3 is 2.70 bits per heavy atom. The molecule has 2 N–H and O–H groups in total. The molecular formula is C7H6BrNO. The molecule has 0 amide bonds. The van der Waals surface area contributed by atoms with Crippen LogP contribution in [0.4, 0.5) is 5.69 Å². The molecule has 0 radical (unpaired) electrons. The predicted molar refractivity (Wildman–Crippen MR) is 43.9 cm³/mol. The summed E-state index contributed by atoms with van der Waals surface area (Å²) in [5, 5.41) is 0. The van der Waals surface area contributed by atoms with Gasteiger partial charge in [0.1, 0.15) is 0 Å². The highest BCUT2D eigenvalue weighted by atomic mass is 79.9. The molecule has 1 aromatic carbocycles. The van der Waals surface area contributed by atoms with Gasteiger partial charge in [0.15, 0.2) is 6.29 Å². The molecule has 0 saturated carbocycles. The van der Waals surface area contributed by atoms with Crippen molar-refractivity contribution in [2.75, 3.05) is 5.73 Å². The first-order chi connectivity index (χ1) is 4.75. The van der Waals surface area contributed by atoms with Crippen LogP contribution in [0, 0.1) is 0 Å². The summed E-state index contributed by atoms with van der Waals surface area (Å²) in [6, 6.07) is 5.24. The average molecular weight is 200 g/mol. The first-order valence-electron chi connectivity index (χ1n) is 2.75. The van der Waals surface area contributed by atoms with Crippen molar-refractivity contribution in [3.05, 3.63) is 28.2 Å². The molecule has 10 heavy (non-hydrogen) atoms. The van der Waals surface area contributed by atoms with Gasteiger partial charge in [-0.15, -0.1) is 0 Å². The second kappa shape index (κ2) is 2.84. The molecule has 0 aromatic heterocycles. The maximum absolute atomic E-state index is 10.3. The van der Waals surface area contributed by atoms with E-state index >= 15 is 0 Å². The van der Waals surface area contributed by atoms with Gasteiger partial charge < -0.3 is 5.73 Å². The second-order valence-corrected chi connectivity index (χ2v) is 2.71. The molecule has 3 heteroatoms. The highest BCUT2D eigenvalue weighted by Gasteiger charge is 1.98. The maximum Gasteiger partial charge on any atom is 0.152 e. The molecule has 0 atom stereocenters. The van der Waals surface area contributed by atoms with E-state index in [-0.39, 0.29) is 0 Å². The SMILES string of the molecule is Nc1c(Br)cccc1C=O. The molecule has 0 fully saturated rings. The lowest BCUT2D eigenvalue weighted by atomic mass is 10.2. The molecule has 0 saturated heterocycles. The highest BCUT2D eigenvalue weighted by molar-refractivity contribution is 9.10. The highest BCUT2D eigenvalue weighted by Crippen LogP contribution is 2.21. The number of rotatable bonds is 1. The van der Waals surface area contributed by atoms with Crippen molar-refractivity contribution in [1.82, 2.24) is 0 Å². The molecule has 0 spiro atoms. The number of hydrogen-bond acceptors (Lipinski definition) is 2. The molecule has 0 aliphatic carbocycles. The van der Waals surface area contributed by atoms with Gasteiger partial charge in [-0.25, -0.2) is 0 Å². The molecule has 2 nitrogen and oxygen atoms in total. The van der Waals surface area contributed by atoms with E-state index in [1.165, 1.54) is 0 Å². The Bertz CT molecular complexity index is 260. The predicted octanol–water partition coefficient (Wildman–Crippen LogP) is 1.84. The third-order valence-electron chi connectivity index (χ3n) is 1.21. The summed E-state index contributed by atoms with van der Waals surface area (Å²) >= 11 is 3.20. The third kappa shape index (κ3) is 1.19. The second-order valence-electron chi connectivity index (χ2n) is 1.86. The summed E-state index contributed by atoms with van der Waals surface area (Å²) in [6.45, 7) is 0. The van der Waals surface area contributed by atoms with Crippen molar-refractivity contribution in [2.45, 2.75) is 0 Å². The molecule has 1 aromatic rings. The van der Waals surface area contributed by atoms with E-state index < -0.39 is 0 Å². The van der Waals surface area contributed by atoms with Gasteiger partial charge in [-0.1, -0.05) is 6.07 Å². The Balaban J connectivity index is 3.27. The van der Waals surface area contributed by atoms with E-state index in [0.29, 0.717) is 11.3 Å². The smallest absolute Gasteiger partial charge is 0.152 e. The number of halogens is 1. The zero-order valence-electron chi connectivity index (χ0n) is 5.17. The molecule has 52 valence electrons. The third-order valence-corrected chi connectivity index (χ3v) is 1.91. The minimum Gasteiger partial charge on any atom is -0.397 e. The van der Waals surface area contributed by atoms with Gasteiger partial charge in [-0.3, -0.25) is 4.79 Å². The van der Waals surface area contributed by atoms with Crippen LogP contribution >= 0.6 is 15.9 Å². The van der Waals surface area contributed by atoms with Crippen molar-refractivity contribution >= 4 is 27.9 Å². The van der Waals surface area contributed by atoms with Crippen LogP contribution in [-0.4, -0.2) is 6.29 Å². The van der Waals surface area contributed by atoms with E-state index in [1.807, 2.05) is 0 Å². The largest absolute Gasteiger partial charge is 0.397 e. The van der Waals surface area contributed by atoms with Crippen molar-refractivity contribution in [1.29, 1.82) is 0 Å². The number of nitrogen functional groups attached to an aromatic ring is 1. The van der Waals surface area contributed by atoms with E-state index in [0.717, 1.165) is 10.8 Å². The van der Waals surface area contributed by atoms with E-state index in [1.54, 1.807) is 18.2 Å². The average Bonchev–Trinajstić information content (AvgIpc) is 1.95. The zero-order valence-corrected chi connectivity index (χ0v) is 6.76. The van der Waals surface area contributed by atoms with Crippen molar-refractivity contribution < 1.29 is 4.79 Å². The lowest BCUT2D eigenvalue weighted by molar-refractivity contribution is 0.112. The van der Waals surface area contributed by atoms with Crippen LogP contribution < -0.4 is 5.73 Å². The number of benzene rings is 1. The van der Waals surface area contributed by atoms with Crippen LogP contribution in [0.1, 0.15) is 10.4 Å². The Morgan fingerprint density at radius 2 is 2.20 bits per heavy atom. The quantitative estimate of drug-likeness (QED) is 0.555. The topological polar surface area (TPSA) is 43.1 Å². The van der Waals surface area contributed by atoms with Gasteiger partial charge >= 0.3 is 0 Å². The number of nitrogens with two attached hydrogens (primary N) is 1. The summed E-state index contributed by atoms with van der Waals surface area (Å²) in [5.74, 6) is 0. The fourth-order valence-electron chi connectivity index (χ4n) is 0.656. The molecule has 0 bridgehead atoms. The Kier molecular flexibility index (Phi) is 2.06. The van der Waals surface area contributed by atoms with Gasteiger partial charge in [0.2, 0.25) is 0 Å². The fraction of sp³-hybridized carbons (Fsp3) is 0. The van der Waals surface area contributed by atoms with Crippen LogP contribution in [0.15, 0.2) is 22.7 Å². The number of anilines is 1. The van der Waals surface area contributed by atoms with Crippen LogP contribution in [-0.2, 0) is 0 Å². The monoisotopic (exact) mass is 199 g/mol. The van der Waals surface area contributed by atoms with E-state index in [4.69, 9.17) is 5.73 Å². The van der Waals surface area contributed by atoms with Gasteiger partial charge in [0, 0.05) is 10.0 Å². The van der Waals surface area contributed by atoms with Crippen molar-refractivity contribution in [3.63, 3.8) is 0 Å². The van der Waals surface area contributed by atoms with E-state index in [9.17, 15) is 4.79 Å². The maximum atomic E-state index is 10.3. The number of carbonyl (C=O) groups is 1. The van der Waals surface area contributed by atoms with Crippen LogP contribution in [0.2, 0.25) is 0 Å². The number of carbonyl (C=O) groups excluding carboxylic acids is 1. The number of para-hydroxylation sites is 1. The summed E-state index contributed by atoms with van der Waals surface area (Å²) in [5.41, 5.74) is 6.54. The lowest BCUT2D eigenvalue weighted by Crippen LogP contribution is -1.92. The molecule has 0 heterocycles. The summed E-state index contributed by atoms with van der Waals surface area (Å²) in [4.78, 5) is 10.3. The molecule has 0 aliphatic rings. The Morgan fingerprint density at radius 1 is 1.50 bits per heavy atom. The van der Waals surface area contributed by atoms with Gasteiger partial charge in [-0.2, -0.15) is 0 Å². The standard InChI is InChI=1S/C7H6BrNO/c8-6-3-1-2-5(4-10)7(6)9/h1-4H,9H2. The minimum atomic E-state index is 0.498. The van der Waals surface area contributed by atoms with Gasteiger partial charge in [0.25, 0.3) is 0 Å². The number of hydrogen-bond donors (Lipinski definition) is 1. The van der Waals surface area contributed by atoms with Crippen LogP contribution in [0.5, 0.6) is 0 Å². The van der Waals surface area contributed by atoms with Crippen molar-refractivity contribution in [2.24, 2.45) is 0 Å². The van der Waals surface area contributed by atoms with Crippen LogP contribution in [0.3, 0.4) is 0 Å². The fourth-order valence-corrected chi connectivity index (χ4v) is 1.04. The Labute approximate surface area is 67.2 Å². The first-order valence-corrected chi connectivity index (χ1v) is 3.54. The molecule has 0 aliphatic heterocycles. The molecular weight excluding hydrogens is 194 g/mol. The van der Waals surface area contributed by atoms with E-state index in [2.05, 4.69) is 15.9 Å². The normalized spacial score (nSPS) is 9.30. The molecule has 0 unspecified atom stereocenters. The van der Waals surface area contributed by atoms with Gasteiger partial charge in [0.05, 0.1) is 5.69 Å². The lowest BCUT2D eigenvalue weighted by Gasteiger charge is -1.98. The molecule has 1 rings (SSSR count). The van der Waals surface area contributed by atoms with Crippen molar-refractivity contribution in [3.8, 4) is 0 Å². The van der Waals surface area contributed by atoms with Crippen LogP contribution in [0.25, 0.3) is 0 Å². The summed E-state index contributed by atoms with van der Waals surface area (Å²) in [7, 11) is 0. The Hall–Kier alpha value is -0.830. The first kappa shape index (κ1) is 7.28. The summed E-state index contributed by atoms with van der Waals surface area (Å²) < 4.78 is 0.761. The summed E-state index contributed by atoms with van der Waals surface area (Å²) in [6.07, 6.45) is 0.736. The zero-order chi connectivity index (χ0) is 7.56. The number of aldehydes is 1.